The maximum Gasteiger partial charge on any atom is 0.222 e. The number of ether oxygens (including phenoxy) is 1. The van der Waals surface area contributed by atoms with Crippen molar-refractivity contribution in [2.24, 2.45) is 0 Å². The van der Waals surface area contributed by atoms with Crippen molar-refractivity contribution in [3.63, 3.8) is 0 Å². The number of hydrogen-bond donors (Lipinski definition) is 0. The van der Waals surface area contributed by atoms with Crippen LogP contribution in [0.2, 0.25) is 0 Å². The van der Waals surface area contributed by atoms with Gasteiger partial charge in [0.1, 0.15) is 5.75 Å². The van der Waals surface area contributed by atoms with Gasteiger partial charge < -0.3 is 4.74 Å². The lowest BCUT2D eigenvalue weighted by Gasteiger charge is -2.10. The second-order valence-corrected chi connectivity index (χ2v) is 5.32. The predicted molar refractivity (Wildman–Crippen MR) is 44.7 cm³/mol. The van der Waals surface area contributed by atoms with E-state index in [1.54, 1.807) is 0 Å². The third kappa shape index (κ3) is 1.29. The molecule has 0 N–H and O–H groups in total. The van der Waals surface area contributed by atoms with Gasteiger partial charge >= 0.3 is 0 Å². The van der Waals surface area contributed by atoms with Gasteiger partial charge in [-0.1, -0.05) is 0 Å². The summed E-state index contributed by atoms with van der Waals surface area (Å²) in [5.74, 6) is -0.520. The number of methoxy groups -OCH3 is 1. The Morgan fingerprint density at radius 2 is 2.23 bits per heavy atom. The molecule has 0 amide bonds. The van der Waals surface area contributed by atoms with Crippen molar-refractivity contribution in [2.45, 2.75) is 18.6 Å². The SMILES string of the molecule is CO[C@H]1C[C@H]2C(=O)CS(=O)(=O)N2C1. The Labute approximate surface area is 76.7 Å². The second kappa shape index (κ2) is 2.76. The Hall–Kier alpha value is -0.460. The molecule has 0 unspecified atom stereocenters. The number of rotatable bonds is 1. The van der Waals surface area contributed by atoms with Gasteiger partial charge in [0.2, 0.25) is 10.0 Å². The van der Waals surface area contributed by atoms with E-state index in [0.717, 1.165) is 0 Å². The lowest BCUT2D eigenvalue weighted by molar-refractivity contribution is -0.118. The van der Waals surface area contributed by atoms with Crippen LogP contribution < -0.4 is 0 Å². The van der Waals surface area contributed by atoms with Gasteiger partial charge in [0.05, 0.1) is 12.1 Å². The van der Waals surface area contributed by atoms with E-state index >= 15 is 0 Å². The van der Waals surface area contributed by atoms with E-state index in [0.29, 0.717) is 13.0 Å². The smallest absolute Gasteiger partial charge is 0.222 e. The van der Waals surface area contributed by atoms with Crippen LogP contribution in [-0.4, -0.2) is 50.1 Å². The lowest BCUT2D eigenvalue weighted by Crippen LogP contribution is -2.29. The van der Waals surface area contributed by atoms with Gasteiger partial charge in [-0.3, -0.25) is 4.79 Å². The summed E-state index contributed by atoms with van der Waals surface area (Å²) >= 11 is 0. The summed E-state index contributed by atoms with van der Waals surface area (Å²) in [5, 5.41) is 0. The van der Waals surface area contributed by atoms with Crippen LogP contribution in [0.3, 0.4) is 0 Å². The molecule has 0 aromatic rings. The fourth-order valence-corrected chi connectivity index (χ4v) is 3.60. The number of carbonyl (C=O) groups is 1. The molecular weight excluding hydrogens is 194 g/mol. The molecule has 2 heterocycles. The zero-order chi connectivity index (χ0) is 9.64. The molecule has 0 bridgehead atoms. The molecule has 74 valence electrons. The molecule has 0 aliphatic carbocycles. The normalized spacial score (nSPS) is 38.1. The van der Waals surface area contributed by atoms with Gasteiger partial charge in [-0.2, -0.15) is 4.31 Å². The molecule has 0 aromatic carbocycles. The van der Waals surface area contributed by atoms with Crippen LogP contribution in [0, 0.1) is 0 Å². The predicted octanol–water partition coefficient (Wildman–Crippen LogP) is -1.01. The lowest BCUT2D eigenvalue weighted by atomic mass is 10.1. The molecule has 2 aliphatic rings. The summed E-state index contributed by atoms with van der Waals surface area (Å²) in [6.45, 7) is 0.329. The van der Waals surface area contributed by atoms with Crippen LogP contribution in [0.15, 0.2) is 0 Å². The highest BCUT2D eigenvalue weighted by Crippen LogP contribution is 2.29. The van der Waals surface area contributed by atoms with Gasteiger partial charge in [0.15, 0.2) is 5.78 Å². The minimum absolute atomic E-state index is 0.121. The van der Waals surface area contributed by atoms with E-state index in [1.165, 1.54) is 11.4 Å². The molecule has 6 heteroatoms. The van der Waals surface area contributed by atoms with E-state index in [-0.39, 0.29) is 17.6 Å². The Bertz CT molecular complexity index is 336. The molecule has 0 radical (unpaired) electrons. The van der Waals surface area contributed by atoms with Crippen molar-refractivity contribution in [1.82, 2.24) is 4.31 Å². The van der Waals surface area contributed by atoms with Gasteiger partial charge in [-0.25, -0.2) is 8.42 Å². The fourth-order valence-electron chi connectivity index (χ4n) is 1.90. The maximum absolute atomic E-state index is 11.4. The van der Waals surface area contributed by atoms with Crippen LogP contribution in [0.4, 0.5) is 0 Å². The number of nitrogens with zero attached hydrogens (tertiary/aromatic N) is 1. The summed E-state index contributed by atoms with van der Waals surface area (Å²) in [6, 6.07) is -0.449. The number of fused-ring (bicyclic) bond motifs is 1. The van der Waals surface area contributed by atoms with Crippen molar-refractivity contribution < 1.29 is 17.9 Å². The van der Waals surface area contributed by atoms with Gasteiger partial charge in [-0.05, 0) is 6.42 Å². The minimum atomic E-state index is -3.31. The Balaban J connectivity index is 2.28. The van der Waals surface area contributed by atoms with Gasteiger partial charge in [0, 0.05) is 13.7 Å². The molecule has 2 saturated heterocycles. The van der Waals surface area contributed by atoms with Gasteiger partial charge in [-0.15, -0.1) is 0 Å². The van der Waals surface area contributed by atoms with Crippen LogP contribution in [-0.2, 0) is 19.6 Å². The maximum atomic E-state index is 11.4. The number of hydrogen-bond acceptors (Lipinski definition) is 4. The van der Waals surface area contributed by atoms with E-state index in [1.807, 2.05) is 0 Å². The summed E-state index contributed by atoms with van der Waals surface area (Å²) in [7, 11) is -1.78. The molecule has 2 rings (SSSR count). The topological polar surface area (TPSA) is 63.7 Å². The van der Waals surface area contributed by atoms with E-state index in [4.69, 9.17) is 4.74 Å². The molecule has 0 aromatic heterocycles. The zero-order valence-corrected chi connectivity index (χ0v) is 8.08. The van der Waals surface area contributed by atoms with Gasteiger partial charge in [0.25, 0.3) is 0 Å². The number of ketones is 1. The van der Waals surface area contributed by atoms with Crippen molar-refractivity contribution >= 4 is 15.8 Å². The van der Waals surface area contributed by atoms with Crippen LogP contribution >= 0.6 is 0 Å². The average molecular weight is 205 g/mol. The first-order valence-electron chi connectivity index (χ1n) is 4.09. The third-order valence-electron chi connectivity index (χ3n) is 2.60. The second-order valence-electron chi connectivity index (χ2n) is 3.40. The summed E-state index contributed by atoms with van der Waals surface area (Å²) in [4.78, 5) is 11.3. The zero-order valence-electron chi connectivity index (χ0n) is 7.26. The van der Waals surface area contributed by atoms with Crippen LogP contribution in [0.1, 0.15) is 6.42 Å². The number of sulfonamides is 1. The van der Waals surface area contributed by atoms with Crippen molar-refractivity contribution in [3.8, 4) is 0 Å². The molecule has 0 saturated carbocycles. The first-order valence-corrected chi connectivity index (χ1v) is 5.70. The quantitative estimate of drug-likeness (QED) is 0.550. The molecule has 13 heavy (non-hydrogen) atoms. The standard InChI is InChI=1S/C7H11NO4S/c1-12-5-2-6-7(9)4-13(10,11)8(6)3-5/h5-6H,2-4H2,1H3/t5-,6-/m0/s1. The van der Waals surface area contributed by atoms with Crippen molar-refractivity contribution in [3.05, 3.63) is 0 Å². The van der Waals surface area contributed by atoms with Crippen molar-refractivity contribution in [2.75, 3.05) is 19.4 Å². The molecule has 5 nitrogen and oxygen atoms in total. The third-order valence-corrected chi connectivity index (χ3v) is 4.37. The summed E-state index contributed by atoms with van der Waals surface area (Å²) in [6.07, 6.45) is 0.387. The summed E-state index contributed by atoms with van der Waals surface area (Å²) < 4.78 is 29.0. The Morgan fingerprint density at radius 3 is 2.77 bits per heavy atom. The minimum Gasteiger partial charge on any atom is -0.380 e. The Morgan fingerprint density at radius 1 is 1.54 bits per heavy atom. The van der Waals surface area contributed by atoms with E-state index in [2.05, 4.69) is 0 Å². The monoisotopic (exact) mass is 205 g/mol. The molecular formula is C7H11NO4S. The highest BCUT2D eigenvalue weighted by atomic mass is 32.2. The highest BCUT2D eigenvalue weighted by Gasteiger charge is 2.50. The van der Waals surface area contributed by atoms with E-state index < -0.39 is 16.1 Å². The summed E-state index contributed by atoms with van der Waals surface area (Å²) in [5.41, 5.74) is 0. The van der Waals surface area contributed by atoms with E-state index in [9.17, 15) is 13.2 Å². The fraction of sp³-hybridized carbons (Fsp3) is 0.857. The first-order chi connectivity index (χ1) is 6.04. The van der Waals surface area contributed by atoms with Crippen LogP contribution in [0.25, 0.3) is 0 Å². The molecule has 2 atom stereocenters. The molecule has 0 spiro atoms. The average Bonchev–Trinajstić information content (AvgIpc) is 2.53. The largest absolute Gasteiger partial charge is 0.380 e. The Kier molecular flexibility index (Phi) is 1.94. The highest BCUT2D eigenvalue weighted by molar-refractivity contribution is 7.90. The molecule has 2 fully saturated rings. The number of carbonyl (C=O) groups excluding carboxylic acids is 1. The number of Topliss-reactive ketones (excluding diaryl/α,β-unsaturated/α-hetero) is 1. The van der Waals surface area contributed by atoms with Crippen LogP contribution in [0.5, 0.6) is 0 Å². The first kappa shape index (κ1) is 9.11. The van der Waals surface area contributed by atoms with Crippen molar-refractivity contribution in [1.29, 1.82) is 0 Å². The molecule has 2 aliphatic heterocycles.